The minimum Gasteiger partial charge on any atom is -0.339 e. The second-order valence-corrected chi connectivity index (χ2v) is 3.88. The molecule has 0 N–H and O–H groups in total. The molecule has 0 atom stereocenters. The van der Waals surface area contributed by atoms with Crippen LogP contribution in [0.2, 0.25) is 0 Å². The Balaban J connectivity index is 2.00. The average molecular weight is 231 g/mol. The van der Waals surface area contributed by atoms with E-state index >= 15 is 0 Å². The first-order valence-corrected chi connectivity index (χ1v) is 5.43. The second kappa shape index (κ2) is 4.78. The van der Waals surface area contributed by atoms with Crippen LogP contribution >= 0.6 is 0 Å². The molecule has 1 saturated heterocycles. The van der Waals surface area contributed by atoms with Crippen LogP contribution in [-0.2, 0) is 4.79 Å². The molecule has 0 aliphatic carbocycles. The lowest BCUT2D eigenvalue weighted by molar-refractivity contribution is -0.129. The average Bonchev–Trinajstić information content (AvgIpc) is 2.39. The van der Waals surface area contributed by atoms with Crippen LogP contribution in [0, 0.1) is 11.3 Å². The molecule has 17 heavy (non-hydrogen) atoms. The molecule has 1 fully saturated rings. The highest BCUT2D eigenvalue weighted by Gasteiger charge is 2.20. The number of aromatic nitrogens is 2. The van der Waals surface area contributed by atoms with E-state index in [1.54, 1.807) is 11.8 Å². The van der Waals surface area contributed by atoms with Crippen LogP contribution in [-0.4, -0.2) is 47.0 Å². The molecule has 0 aromatic carbocycles. The van der Waals surface area contributed by atoms with Crippen molar-refractivity contribution < 1.29 is 4.79 Å². The zero-order chi connectivity index (χ0) is 12.3. The second-order valence-electron chi connectivity index (χ2n) is 3.88. The van der Waals surface area contributed by atoms with Gasteiger partial charge in [0, 0.05) is 33.1 Å². The number of amides is 1. The summed E-state index contributed by atoms with van der Waals surface area (Å²) in [5, 5.41) is 8.65. The quantitative estimate of drug-likeness (QED) is 0.681. The minimum atomic E-state index is 0.102. The maximum Gasteiger partial charge on any atom is 0.225 e. The van der Waals surface area contributed by atoms with Gasteiger partial charge in [0.1, 0.15) is 6.07 Å². The van der Waals surface area contributed by atoms with E-state index in [1.165, 1.54) is 12.4 Å². The summed E-state index contributed by atoms with van der Waals surface area (Å²) in [7, 11) is 0. The Morgan fingerprint density at radius 1 is 1.29 bits per heavy atom. The largest absolute Gasteiger partial charge is 0.339 e. The van der Waals surface area contributed by atoms with Gasteiger partial charge in [0.05, 0.1) is 18.0 Å². The van der Waals surface area contributed by atoms with Gasteiger partial charge in [0.15, 0.2) is 0 Å². The van der Waals surface area contributed by atoms with E-state index in [-0.39, 0.29) is 5.91 Å². The lowest BCUT2D eigenvalue weighted by atomic mass is 10.3. The Hall–Kier alpha value is -2.16. The van der Waals surface area contributed by atoms with Gasteiger partial charge in [-0.3, -0.25) is 4.79 Å². The van der Waals surface area contributed by atoms with Crippen molar-refractivity contribution in [2.24, 2.45) is 0 Å². The van der Waals surface area contributed by atoms with Gasteiger partial charge in [-0.1, -0.05) is 0 Å². The Morgan fingerprint density at radius 3 is 2.35 bits per heavy atom. The lowest BCUT2D eigenvalue weighted by Gasteiger charge is -2.34. The predicted molar refractivity (Wildman–Crippen MR) is 61.2 cm³/mol. The van der Waals surface area contributed by atoms with Gasteiger partial charge in [-0.25, -0.2) is 9.97 Å². The molecule has 0 spiro atoms. The van der Waals surface area contributed by atoms with Crippen molar-refractivity contribution >= 4 is 11.9 Å². The molecule has 6 heteroatoms. The van der Waals surface area contributed by atoms with Crippen LogP contribution in [0.5, 0.6) is 0 Å². The Morgan fingerprint density at radius 2 is 1.88 bits per heavy atom. The van der Waals surface area contributed by atoms with Crippen LogP contribution in [0.4, 0.5) is 5.95 Å². The SMILES string of the molecule is CC(=O)N1CCN(c2ncc(C#N)cn2)CC1. The van der Waals surface area contributed by atoms with Crippen LogP contribution in [0.1, 0.15) is 12.5 Å². The molecular weight excluding hydrogens is 218 g/mol. The molecule has 0 radical (unpaired) electrons. The lowest BCUT2D eigenvalue weighted by Crippen LogP contribution is -2.48. The molecule has 1 aromatic rings. The van der Waals surface area contributed by atoms with Gasteiger partial charge in [-0.2, -0.15) is 5.26 Å². The Bertz CT molecular complexity index is 442. The smallest absolute Gasteiger partial charge is 0.225 e. The summed E-state index contributed by atoms with van der Waals surface area (Å²) < 4.78 is 0. The molecule has 2 rings (SSSR count). The van der Waals surface area contributed by atoms with Crippen molar-refractivity contribution in [2.45, 2.75) is 6.92 Å². The highest BCUT2D eigenvalue weighted by atomic mass is 16.2. The van der Waals surface area contributed by atoms with Crippen LogP contribution in [0.15, 0.2) is 12.4 Å². The summed E-state index contributed by atoms with van der Waals surface area (Å²) >= 11 is 0. The van der Waals surface area contributed by atoms with Gasteiger partial charge in [-0.15, -0.1) is 0 Å². The molecule has 1 aliphatic heterocycles. The van der Waals surface area contributed by atoms with Crippen LogP contribution in [0.25, 0.3) is 0 Å². The first-order valence-electron chi connectivity index (χ1n) is 5.43. The van der Waals surface area contributed by atoms with E-state index < -0.39 is 0 Å². The first-order chi connectivity index (χ1) is 8.20. The van der Waals surface area contributed by atoms with Gasteiger partial charge >= 0.3 is 0 Å². The van der Waals surface area contributed by atoms with Gasteiger partial charge in [-0.05, 0) is 0 Å². The fraction of sp³-hybridized carbons (Fsp3) is 0.455. The third kappa shape index (κ3) is 2.50. The van der Waals surface area contributed by atoms with Crippen molar-refractivity contribution in [1.82, 2.24) is 14.9 Å². The van der Waals surface area contributed by atoms with Crippen molar-refractivity contribution in [1.29, 1.82) is 5.26 Å². The van der Waals surface area contributed by atoms with Crippen molar-refractivity contribution in [3.05, 3.63) is 18.0 Å². The topological polar surface area (TPSA) is 73.1 Å². The number of hydrogen-bond acceptors (Lipinski definition) is 5. The number of nitriles is 1. The van der Waals surface area contributed by atoms with Gasteiger partial charge < -0.3 is 9.80 Å². The number of hydrogen-bond donors (Lipinski definition) is 0. The Labute approximate surface area is 99.5 Å². The molecule has 1 aliphatic rings. The summed E-state index contributed by atoms with van der Waals surface area (Å²) in [6.07, 6.45) is 3.03. The number of carbonyl (C=O) groups excluding carboxylic acids is 1. The van der Waals surface area contributed by atoms with Crippen molar-refractivity contribution in [3.8, 4) is 6.07 Å². The normalized spacial score (nSPS) is 15.5. The maximum atomic E-state index is 11.2. The standard InChI is InChI=1S/C11H13N5O/c1-9(17)15-2-4-16(5-3-15)11-13-7-10(6-12)8-14-11/h7-8H,2-5H2,1H3. The molecule has 0 bridgehead atoms. The van der Waals surface area contributed by atoms with E-state index in [9.17, 15) is 4.79 Å². The molecule has 88 valence electrons. The summed E-state index contributed by atoms with van der Waals surface area (Å²) in [5.74, 6) is 0.720. The maximum absolute atomic E-state index is 11.2. The Kier molecular flexibility index (Phi) is 3.19. The van der Waals surface area contributed by atoms with Gasteiger partial charge in [0.25, 0.3) is 0 Å². The van der Waals surface area contributed by atoms with E-state index in [2.05, 4.69) is 9.97 Å². The van der Waals surface area contributed by atoms with Crippen molar-refractivity contribution in [3.63, 3.8) is 0 Å². The van der Waals surface area contributed by atoms with Crippen molar-refractivity contribution in [2.75, 3.05) is 31.1 Å². The monoisotopic (exact) mass is 231 g/mol. The fourth-order valence-corrected chi connectivity index (χ4v) is 1.76. The highest BCUT2D eigenvalue weighted by Crippen LogP contribution is 2.10. The third-order valence-electron chi connectivity index (χ3n) is 2.78. The van der Waals surface area contributed by atoms with E-state index in [1.807, 2.05) is 11.0 Å². The summed E-state index contributed by atoms with van der Waals surface area (Å²) in [4.78, 5) is 23.2. The number of carbonyl (C=O) groups is 1. The van der Waals surface area contributed by atoms with E-state index in [0.717, 1.165) is 13.1 Å². The summed E-state index contributed by atoms with van der Waals surface area (Å²) in [6, 6.07) is 1.98. The molecule has 0 unspecified atom stereocenters. The predicted octanol–water partition coefficient (Wildman–Crippen LogP) is 0.0168. The van der Waals surface area contributed by atoms with Gasteiger partial charge in [0.2, 0.25) is 11.9 Å². The number of rotatable bonds is 1. The zero-order valence-electron chi connectivity index (χ0n) is 9.63. The first kappa shape index (κ1) is 11.3. The van der Waals surface area contributed by atoms with E-state index in [4.69, 9.17) is 5.26 Å². The molecule has 1 amide bonds. The third-order valence-corrected chi connectivity index (χ3v) is 2.78. The zero-order valence-corrected chi connectivity index (χ0v) is 9.63. The highest BCUT2D eigenvalue weighted by molar-refractivity contribution is 5.73. The number of nitrogens with zero attached hydrogens (tertiary/aromatic N) is 5. The van der Waals surface area contributed by atoms with Crippen LogP contribution in [0.3, 0.4) is 0 Å². The molecule has 6 nitrogen and oxygen atoms in total. The molecule has 2 heterocycles. The fourth-order valence-electron chi connectivity index (χ4n) is 1.76. The van der Waals surface area contributed by atoms with Crippen LogP contribution < -0.4 is 4.90 Å². The number of anilines is 1. The summed E-state index contributed by atoms with van der Waals surface area (Å²) in [6.45, 7) is 4.42. The number of piperazine rings is 1. The summed E-state index contributed by atoms with van der Waals surface area (Å²) in [5.41, 5.74) is 0.455. The molecular formula is C11H13N5O. The molecule has 1 aromatic heterocycles. The molecule has 0 saturated carbocycles. The van der Waals surface area contributed by atoms with E-state index in [0.29, 0.717) is 24.6 Å². The minimum absolute atomic E-state index is 0.102.